The number of ether oxygens (including phenoxy) is 1. The highest BCUT2D eigenvalue weighted by Gasteiger charge is 2.47. The topological polar surface area (TPSA) is 118 Å². The van der Waals surface area contributed by atoms with Crippen molar-refractivity contribution in [2.45, 2.75) is 45.2 Å². The van der Waals surface area contributed by atoms with E-state index < -0.39 is 6.03 Å². The van der Waals surface area contributed by atoms with Gasteiger partial charge in [0.05, 0.1) is 13.0 Å². The molecule has 10 nitrogen and oxygen atoms in total. The van der Waals surface area contributed by atoms with Crippen molar-refractivity contribution >= 4 is 23.5 Å². The maximum Gasteiger partial charge on any atom is 0.327 e. The monoisotopic (exact) mass is 427 g/mol. The van der Waals surface area contributed by atoms with E-state index in [2.05, 4.69) is 15.5 Å². The van der Waals surface area contributed by atoms with Gasteiger partial charge in [-0.2, -0.15) is 4.98 Å². The number of anilines is 1. The first-order valence-corrected chi connectivity index (χ1v) is 10.3. The molecule has 2 fully saturated rings. The fourth-order valence-corrected chi connectivity index (χ4v) is 4.29. The van der Waals surface area contributed by atoms with E-state index in [0.717, 1.165) is 17.7 Å². The molecule has 0 bridgehead atoms. The summed E-state index contributed by atoms with van der Waals surface area (Å²) in [6.45, 7) is 1.42. The highest BCUT2D eigenvalue weighted by atomic mass is 16.5. The Morgan fingerprint density at radius 1 is 1.29 bits per heavy atom. The Morgan fingerprint density at radius 3 is 2.84 bits per heavy atom. The predicted octanol–water partition coefficient (Wildman–Crippen LogP) is 2.35. The first-order valence-electron chi connectivity index (χ1n) is 10.3. The number of aryl methyl sites for hydroxylation is 1. The van der Waals surface area contributed by atoms with Crippen LogP contribution in [0, 0.1) is 12.8 Å². The van der Waals surface area contributed by atoms with Crippen molar-refractivity contribution < 1.29 is 23.6 Å². The molecule has 4 amide bonds. The number of rotatable bonds is 6. The van der Waals surface area contributed by atoms with E-state index in [1.165, 1.54) is 4.90 Å². The largest absolute Gasteiger partial charge is 0.497 e. The number of urea groups is 1. The Kier molecular flexibility index (Phi) is 5.88. The lowest BCUT2D eigenvalue weighted by atomic mass is 9.81. The first-order chi connectivity index (χ1) is 15.0. The van der Waals surface area contributed by atoms with Gasteiger partial charge in [0, 0.05) is 17.8 Å². The molecule has 1 saturated carbocycles. The van der Waals surface area contributed by atoms with E-state index in [1.54, 1.807) is 38.3 Å². The number of amides is 4. The zero-order chi connectivity index (χ0) is 22.0. The van der Waals surface area contributed by atoms with Gasteiger partial charge in [0.15, 0.2) is 5.82 Å². The average Bonchev–Trinajstić information content (AvgIpc) is 3.19. The minimum Gasteiger partial charge on any atom is -0.497 e. The smallest absolute Gasteiger partial charge is 0.327 e. The number of hydrogen-bond donors (Lipinski definition) is 1. The van der Waals surface area contributed by atoms with E-state index in [9.17, 15) is 14.4 Å². The summed E-state index contributed by atoms with van der Waals surface area (Å²) in [4.78, 5) is 45.8. The second-order valence-electron chi connectivity index (χ2n) is 7.81. The molecule has 164 valence electrons. The van der Waals surface area contributed by atoms with Crippen molar-refractivity contribution in [2.24, 2.45) is 5.92 Å². The van der Waals surface area contributed by atoms with Crippen molar-refractivity contribution in [3.8, 4) is 5.75 Å². The Labute approximate surface area is 179 Å². The normalized spacial score (nSPS) is 21.1. The fourth-order valence-electron chi connectivity index (χ4n) is 4.29. The molecule has 1 aliphatic heterocycles. The number of benzene rings is 1. The van der Waals surface area contributed by atoms with Gasteiger partial charge in [0.1, 0.15) is 18.8 Å². The van der Waals surface area contributed by atoms with E-state index in [4.69, 9.17) is 9.26 Å². The minimum absolute atomic E-state index is 0.101. The van der Waals surface area contributed by atoms with Crippen molar-refractivity contribution in [1.82, 2.24) is 19.9 Å². The third kappa shape index (κ3) is 4.37. The Hall–Kier alpha value is -3.43. The Balaban J connectivity index is 1.52. The number of carbonyl (C=O) groups is 3. The van der Waals surface area contributed by atoms with Crippen molar-refractivity contribution in [3.05, 3.63) is 36.0 Å². The van der Waals surface area contributed by atoms with Crippen molar-refractivity contribution in [2.75, 3.05) is 19.0 Å². The third-order valence-corrected chi connectivity index (χ3v) is 5.72. The summed E-state index contributed by atoms with van der Waals surface area (Å²) in [5.74, 6) is 0.320. The summed E-state index contributed by atoms with van der Waals surface area (Å²) >= 11 is 0. The van der Waals surface area contributed by atoms with Crippen LogP contribution < -0.4 is 10.1 Å². The van der Waals surface area contributed by atoms with Crippen LogP contribution in [0.5, 0.6) is 5.75 Å². The molecule has 2 heterocycles. The number of carbonyl (C=O) groups excluding carboxylic acids is 3. The van der Waals surface area contributed by atoms with Gasteiger partial charge >= 0.3 is 6.03 Å². The second kappa shape index (κ2) is 8.75. The molecule has 1 aromatic heterocycles. The van der Waals surface area contributed by atoms with E-state index in [1.807, 2.05) is 0 Å². The van der Waals surface area contributed by atoms with Crippen LogP contribution in [0.3, 0.4) is 0 Å². The lowest BCUT2D eigenvalue weighted by Crippen LogP contribution is -2.63. The average molecular weight is 427 g/mol. The molecule has 31 heavy (non-hydrogen) atoms. The molecular formula is C21H25N5O5. The molecule has 2 atom stereocenters. The molecule has 1 aliphatic carbocycles. The second-order valence-corrected chi connectivity index (χ2v) is 7.81. The van der Waals surface area contributed by atoms with Crippen molar-refractivity contribution in [1.29, 1.82) is 0 Å². The number of imide groups is 1. The quantitative estimate of drug-likeness (QED) is 0.752. The number of nitrogens with zero attached hydrogens (tertiary/aromatic N) is 4. The van der Waals surface area contributed by atoms with Crippen LogP contribution in [-0.2, 0) is 16.1 Å². The van der Waals surface area contributed by atoms with Gasteiger partial charge < -0.3 is 19.5 Å². The van der Waals surface area contributed by atoms with E-state index in [-0.39, 0.29) is 42.8 Å². The van der Waals surface area contributed by atoms with Crippen LogP contribution in [0.25, 0.3) is 0 Å². The molecule has 0 radical (unpaired) electrons. The summed E-state index contributed by atoms with van der Waals surface area (Å²) < 4.78 is 10.3. The minimum atomic E-state index is -0.509. The van der Waals surface area contributed by atoms with Gasteiger partial charge in [-0.15, -0.1) is 0 Å². The molecule has 0 spiro atoms. The van der Waals surface area contributed by atoms with Gasteiger partial charge in [-0.1, -0.05) is 24.1 Å². The molecule has 4 rings (SSSR count). The highest BCUT2D eigenvalue weighted by molar-refractivity contribution is 6.01. The third-order valence-electron chi connectivity index (χ3n) is 5.72. The van der Waals surface area contributed by atoms with Crippen LogP contribution >= 0.6 is 0 Å². The lowest BCUT2D eigenvalue weighted by Gasteiger charge is -2.46. The van der Waals surface area contributed by atoms with Gasteiger partial charge in [0.2, 0.25) is 17.7 Å². The van der Waals surface area contributed by atoms with Crippen LogP contribution in [0.15, 0.2) is 28.8 Å². The number of hydrogen-bond acceptors (Lipinski definition) is 7. The number of nitrogens with one attached hydrogen (secondary N) is 1. The van der Waals surface area contributed by atoms with Gasteiger partial charge in [-0.3, -0.25) is 14.5 Å². The molecule has 2 aromatic rings. The van der Waals surface area contributed by atoms with Gasteiger partial charge in [-0.25, -0.2) is 4.79 Å². The zero-order valence-electron chi connectivity index (χ0n) is 17.5. The summed E-state index contributed by atoms with van der Waals surface area (Å²) in [5, 5.41) is 6.52. The predicted molar refractivity (Wildman–Crippen MR) is 109 cm³/mol. The molecule has 2 aliphatic rings. The van der Waals surface area contributed by atoms with Crippen LogP contribution in [0.2, 0.25) is 0 Å². The number of aromatic nitrogens is 2. The van der Waals surface area contributed by atoms with Gasteiger partial charge in [-0.05, 0) is 31.9 Å². The molecule has 10 heteroatoms. The summed E-state index contributed by atoms with van der Waals surface area (Å²) in [6.07, 6.45) is 3.21. The number of methoxy groups -OCH3 is 1. The molecule has 1 saturated heterocycles. The van der Waals surface area contributed by atoms with Crippen molar-refractivity contribution in [3.63, 3.8) is 0 Å². The lowest BCUT2D eigenvalue weighted by molar-refractivity contribution is -0.142. The molecule has 1 aromatic carbocycles. The van der Waals surface area contributed by atoms with Crippen LogP contribution in [-0.4, -0.2) is 57.5 Å². The molecule has 2 unspecified atom stereocenters. The molecule has 1 N–H and O–H groups in total. The van der Waals surface area contributed by atoms with Crippen LogP contribution in [0.4, 0.5) is 10.5 Å². The molecular weight excluding hydrogens is 402 g/mol. The SMILES string of the molecule is COc1cccc(NC(=O)CN2C(=O)N(Cc3nc(C)no3)C(=O)C3CCCCC32)c1. The Morgan fingerprint density at radius 2 is 2.10 bits per heavy atom. The maximum atomic E-state index is 13.2. The summed E-state index contributed by atoms with van der Waals surface area (Å²) in [5.41, 5.74) is 0.572. The zero-order valence-corrected chi connectivity index (χ0v) is 17.5. The standard InChI is InChI=1S/C21H25N5O5/c1-13-22-19(31-24-13)12-26-20(28)16-8-3-4-9-17(16)25(21(26)29)11-18(27)23-14-6-5-7-15(10-14)30-2/h5-7,10,16-17H,3-4,8-9,11-12H2,1-2H3,(H,23,27). The van der Waals surface area contributed by atoms with E-state index >= 15 is 0 Å². The Bertz CT molecular complexity index is 990. The number of fused-ring (bicyclic) bond motifs is 1. The fraction of sp³-hybridized carbons (Fsp3) is 0.476. The highest BCUT2D eigenvalue weighted by Crippen LogP contribution is 2.35. The van der Waals surface area contributed by atoms with Gasteiger partial charge in [0.25, 0.3) is 0 Å². The first kappa shape index (κ1) is 20.8. The van der Waals surface area contributed by atoms with E-state index in [0.29, 0.717) is 30.1 Å². The van der Waals surface area contributed by atoms with Crippen LogP contribution in [0.1, 0.15) is 37.4 Å². The summed E-state index contributed by atoms with van der Waals surface area (Å²) in [7, 11) is 1.55. The summed E-state index contributed by atoms with van der Waals surface area (Å²) in [6, 6.07) is 6.20. The maximum absolute atomic E-state index is 13.2.